The van der Waals surface area contributed by atoms with Crippen molar-refractivity contribution in [2.45, 2.75) is 25.3 Å². The second-order valence-electron chi connectivity index (χ2n) is 8.32. The average Bonchev–Trinajstić information content (AvgIpc) is 3.22. The minimum Gasteiger partial charge on any atom is -0.258 e. The van der Waals surface area contributed by atoms with Gasteiger partial charge in [0.1, 0.15) is 11.6 Å². The Balaban J connectivity index is 1.58. The molecule has 1 aliphatic heterocycles. The van der Waals surface area contributed by atoms with E-state index in [2.05, 4.69) is 0 Å². The van der Waals surface area contributed by atoms with Crippen LogP contribution >= 0.6 is 0 Å². The maximum atomic E-state index is 13.6. The highest BCUT2D eigenvalue weighted by molar-refractivity contribution is 6.08. The molecule has 2 atom stereocenters. The molecule has 1 saturated carbocycles. The first-order valence-corrected chi connectivity index (χ1v) is 10.8. The second-order valence-corrected chi connectivity index (χ2v) is 8.32. The van der Waals surface area contributed by atoms with Crippen LogP contribution in [0.4, 0.5) is 20.2 Å². The first kappa shape index (κ1) is 21.0. The summed E-state index contributed by atoms with van der Waals surface area (Å²) in [6.45, 7) is 0. The largest absolute Gasteiger partial charge is 0.269 e. The van der Waals surface area contributed by atoms with Crippen LogP contribution in [0.5, 0.6) is 0 Å². The molecule has 0 bridgehead atoms. The topological polar surface area (TPSA) is 58.7 Å². The van der Waals surface area contributed by atoms with Gasteiger partial charge in [-0.25, -0.2) is 8.78 Å². The molecule has 0 aromatic heterocycles. The van der Waals surface area contributed by atoms with Gasteiger partial charge in [0.2, 0.25) is 0 Å². The van der Waals surface area contributed by atoms with Crippen LogP contribution in [0.15, 0.2) is 83.5 Å². The van der Waals surface area contributed by atoms with Crippen LogP contribution in [-0.2, 0) is 0 Å². The summed E-state index contributed by atoms with van der Waals surface area (Å²) in [5.74, 6) is -0.496. The second kappa shape index (κ2) is 8.58. The van der Waals surface area contributed by atoms with Crippen molar-refractivity contribution >= 4 is 23.2 Å². The van der Waals surface area contributed by atoms with Gasteiger partial charge in [-0.15, -0.1) is 0 Å². The van der Waals surface area contributed by atoms with Gasteiger partial charge >= 0.3 is 0 Å². The molecule has 0 radical (unpaired) electrons. The summed E-state index contributed by atoms with van der Waals surface area (Å²) in [6.07, 6.45) is 4.80. The van der Waals surface area contributed by atoms with E-state index in [4.69, 9.17) is 5.10 Å². The van der Waals surface area contributed by atoms with Gasteiger partial charge in [0.15, 0.2) is 0 Å². The average molecular weight is 445 g/mol. The quantitative estimate of drug-likeness (QED) is 0.333. The number of allylic oxidation sites excluding steroid dienone is 1. The smallest absolute Gasteiger partial charge is 0.258 e. The zero-order valence-corrected chi connectivity index (χ0v) is 17.7. The molecule has 0 amide bonds. The molecule has 7 heteroatoms. The number of nitro groups is 1. The Morgan fingerprint density at radius 3 is 2.21 bits per heavy atom. The van der Waals surface area contributed by atoms with Gasteiger partial charge in [-0.2, -0.15) is 5.10 Å². The molecule has 5 rings (SSSR count). The predicted octanol–water partition coefficient (Wildman–Crippen LogP) is 6.67. The van der Waals surface area contributed by atoms with Crippen molar-refractivity contribution in [3.8, 4) is 0 Å². The molecule has 0 N–H and O–H groups in total. The van der Waals surface area contributed by atoms with Crippen LogP contribution in [0, 0.1) is 27.7 Å². The highest BCUT2D eigenvalue weighted by Gasteiger charge is 2.41. The van der Waals surface area contributed by atoms with Crippen molar-refractivity contribution in [1.82, 2.24) is 0 Å². The van der Waals surface area contributed by atoms with Gasteiger partial charge in [-0.1, -0.05) is 24.3 Å². The fourth-order valence-electron chi connectivity index (χ4n) is 4.70. The molecule has 1 heterocycles. The SMILES string of the molecule is O=[N+]([O-])c1ccc(N2N=C3/C(=C\c4ccc(F)cc4)CCCC3C2c2ccc(F)cc2)cc1. The summed E-state index contributed by atoms with van der Waals surface area (Å²) in [5, 5.41) is 18.0. The maximum absolute atomic E-state index is 13.6. The lowest BCUT2D eigenvalue weighted by atomic mass is 9.77. The molecule has 5 nitrogen and oxygen atoms in total. The van der Waals surface area contributed by atoms with E-state index in [0.29, 0.717) is 0 Å². The number of hydrogen-bond donors (Lipinski definition) is 0. The minimum atomic E-state index is -0.430. The van der Waals surface area contributed by atoms with E-state index < -0.39 is 4.92 Å². The van der Waals surface area contributed by atoms with E-state index in [1.807, 2.05) is 11.1 Å². The number of halogens is 2. The zero-order valence-electron chi connectivity index (χ0n) is 17.7. The van der Waals surface area contributed by atoms with Crippen molar-refractivity contribution in [2.24, 2.45) is 11.0 Å². The van der Waals surface area contributed by atoms with Crippen molar-refractivity contribution < 1.29 is 13.7 Å². The molecule has 1 fully saturated rings. The van der Waals surface area contributed by atoms with Gasteiger partial charge in [0.05, 0.1) is 22.4 Å². The Morgan fingerprint density at radius 2 is 1.58 bits per heavy atom. The fourth-order valence-corrected chi connectivity index (χ4v) is 4.70. The highest BCUT2D eigenvalue weighted by atomic mass is 19.1. The summed E-state index contributed by atoms with van der Waals surface area (Å²) in [6, 6.07) is 19.0. The van der Waals surface area contributed by atoms with Crippen LogP contribution in [0.2, 0.25) is 0 Å². The van der Waals surface area contributed by atoms with E-state index in [1.54, 1.807) is 36.4 Å². The molecule has 0 spiro atoms. The van der Waals surface area contributed by atoms with Crippen molar-refractivity contribution in [2.75, 3.05) is 5.01 Å². The van der Waals surface area contributed by atoms with Crippen LogP contribution < -0.4 is 5.01 Å². The first-order valence-electron chi connectivity index (χ1n) is 10.8. The van der Waals surface area contributed by atoms with Crippen molar-refractivity contribution in [3.63, 3.8) is 0 Å². The molecule has 33 heavy (non-hydrogen) atoms. The van der Waals surface area contributed by atoms with E-state index in [9.17, 15) is 18.9 Å². The Hall–Kier alpha value is -3.87. The Labute approximate surface area is 189 Å². The normalized spacial score (nSPS) is 21.1. The van der Waals surface area contributed by atoms with E-state index in [0.717, 1.165) is 47.4 Å². The van der Waals surface area contributed by atoms with Crippen LogP contribution in [0.3, 0.4) is 0 Å². The number of fused-ring (bicyclic) bond motifs is 1. The number of non-ortho nitro benzene ring substituents is 1. The van der Waals surface area contributed by atoms with Crippen LogP contribution in [-0.4, -0.2) is 10.6 Å². The monoisotopic (exact) mass is 445 g/mol. The Morgan fingerprint density at radius 1 is 0.939 bits per heavy atom. The predicted molar refractivity (Wildman–Crippen MR) is 124 cm³/mol. The van der Waals surface area contributed by atoms with Crippen LogP contribution in [0.25, 0.3) is 6.08 Å². The summed E-state index contributed by atoms with van der Waals surface area (Å²) in [5.41, 5.74) is 4.63. The van der Waals surface area contributed by atoms with Gasteiger partial charge in [0, 0.05) is 18.1 Å². The number of anilines is 1. The number of rotatable bonds is 4. The van der Waals surface area contributed by atoms with E-state index in [1.165, 1.54) is 36.4 Å². The third kappa shape index (κ3) is 4.14. The zero-order chi connectivity index (χ0) is 22.9. The fraction of sp³-hybridized carbons (Fsp3) is 0.192. The molecule has 166 valence electrons. The molecular weight excluding hydrogens is 424 g/mol. The lowest BCUT2D eigenvalue weighted by Gasteiger charge is -2.30. The summed E-state index contributed by atoms with van der Waals surface area (Å²) >= 11 is 0. The standard InChI is InChI=1S/C26H21F2N3O2/c27-20-8-4-17(5-9-20)16-19-2-1-3-24-25(19)29-30(22-12-14-23(15-13-22)31(32)33)26(24)18-6-10-21(28)11-7-18/h4-16,24,26H,1-3H2/b19-16-. The summed E-state index contributed by atoms with van der Waals surface area (Å²) in [4.78, 5) is 10.7. The van der Waals surface area contributed by atoms with Crippen molar-refractivity contribution in [1.29, 1.82) is 0 Å². The number of nitro benzene ring substituents is 1. The van der Waals surface area contributed by atoms with Crippen LogP contribution in [0.1, 0.15) is 36.4 Å². The highest BCUT2D eigenvalue weighted by Crippen LogP contribution is 2.46. The third-order valence-electron chi connectivity index (χ3n) is 6.25. The molecule has 3 aromatic carbocycles. The third-order valence-corrected chi connectivity index (χ3v) is 6.25. The summed E-state index contributed by atoms with van der Waals surface area (Å²) in [7, 11) is 0. The van der Waals surface area contributed by atoms with Crippen molar-refractivity contribution in [3.05, 3.63) is 111 Å². The maximum Gasteiger partial charge on any atom is 0.269 e. The van der Waals surface area contributed by atoms with E-state index >= 15 is 0 Å². The molecule has 2 aliphatic rings. The number of benzene rings is 3. The Bertz CT molecular complexity index is 1240. The van der Waals surface area contributed by atoms with Gasteiger partial charge in [0.25, 0.3) is 5.69 Å². The summed E-state index contributed by atoms with van der Waals surface area (Å²) < 4.78 is 27.0. The molecule has 2 unspecified atom stereocenters. The molecular formula is C26H21F2N3O2. The lowest BCUT2D eigenvalue weighted by molar-refractivity contribution is -0.384. The molecule has 3 aromatic rings. The van der Waals surface area contributed by atoms with Gasteiger partial charge < -0.3 is 0 Å². The number of hydrazone groups is 1. The number of nitrogens with zero attached hydrogens (tertiary/aromatic N) is 3. The van der Waals surface area contributed by atoms with E-state index in [-0.39, 0.29) is 29.3 Å². The number of hydrogen-bond acceptors (Lipinski definition) is 4. The lowest BCUT2D eigenvalue weighted by Crippen LogP contribution is -2.28. The van der Waals surface area contributed by atoms with Gasteiger partial charge in [-0.05, 0) is 78.4 Å². The molecule has 0 saturated heterocycles. The minimum absolute atomic E-state index is 0.0123. The first-order chi connectivity index (χ1) is 16.0. The Kier molecular flexibility index (Phi) is 5.46. The van der Waals surface area contributed by atoms with Gasteiger partial charge in [-0.3, -0.25) is 15.1 Å². The molecule has 1 aliphatic carbocycles.